The zero-order chi connectivity index (χ0) is 8.91. The molecule has 0 aliphatic heterocycles. The highest BCUT2D eigenvalue weighted by Gasteiger charge is 2.22. The minimum Gasteiger partial charge on any atom is -0.448 e. The maximum absolute atomic E-state index is 11.5. The molecule has 0 saturated carbocycles. The first-order valence-electron chi connectivity index (χ1n) is 2.95. The first kappa shape index (κ1) is 10.7. The minimum absolute atomic E-state index is 0.127. The number of rotatable bonds is 4. The summed E-state index contributed by atoms with van der Waals surface area (Å²) in [7, 11) is 1.39. The maximum atomic E-state index is 11.5. The van der Waals surface area contributed by atoms with Gasteiger partial charge in [0.05, 0.1) is 5.75 Å². The molecule has 1 amide bonds. The fourth-order valence-electron chi connectivity index (χ4n) is 0.357. The lowest BCUT2D eigenvalue weighted by molar-refractivity contribution is -0.118. The molecule has 0 aliphatic carbocycles. The molecule has 0 aromatic carbocycles. The van der Waals surface area contributed by atoms with Crippen LogP contribution >= 0.6 is 11.8 Å². The van der Waals surface area contributed by atoms with Gasteiger partial charge in [-0.15, -0.1) is 0 Å². The van der Waals surface area contributed by atoms with Crippen LogP contribution in [-0.2, 0) is 4.79 Å². The Balaban J connectivity index is 3.35. The van der Waals surface area contributed by atoms with Crippen molar-refractivity contribution < 1.29 is 17.7 Å². The van der Waals surface area contributed by atoms with E-state index in [-0.39, 0.29) is 11.7 Å². The van der Waals surface area contributed by atoms with Crippen molar-refractivity contribution in [3.63, 3.8) is 0 Å². The number of halogens is 3. The van der Waals surface area contributed by atoms with E-state index in [4.69, 9.17) is 0 Å². The van der Waals surface area contributed by atoms with Crippen LogP contribution in [0.25, 0.3) is 0 Å². The average molecular weight is 186 g/mol. The van der Waals surface area contributed by atoms with E-state index in [2.05, 4.69) is 5.32 Å². The summed E-state index contributed by atoms with van der Waals surface area (Å²) in [5.41, 5.74) is -0.909. The van der Waals surface area contributed by atoms with Crippen molar-refractivity contribution >= 4 is 24.6 Å². The van der Waals surface area contributed by atoms with Gasteiger partial charge in [-0.25, -0.2) is 0 Å². The summed E-state index contributed by atoms with van der Waals surface area (Å²) in [5, 5.41) is 2.23. The predicted molar refractivity (Wildman–Crippen MR) is 40.5 cm³/mol. The van der Waals surface area contributed by atoms with E-state index in [1.54, 1.807) is 0 Å². The van der Waals surface area contributed by atoms with Crippen LogP contribution in [0.1, 0.15) is 0 Å². The van der Waals surface area contributed by atoms with Gasteiger partial charge < -0.3 is 18.3 Å². The molecule has 0 rings (SSSR count). The van der Waals surface area contributed by atoms with Gasteiger partial charge in [0.2, 0.25) is 5.91 Å². The second kappa shape index (κ2) is 4.53. The molecule has 11 heavy (non-hydrogen) atoms. The highest BCUT2D eigenvalue weighted by Crippen LogP contribution is 2.15. The van der Waals surface area contributed by atoms with E-state index in [9.17, 15) is 17.7 Å². The number of carbonyl (C=O) groups is 1. The molecule has 0 aliphatic rings. The van der Waals surface area contributed by atoms with E-state index in [0.717, 1.165) is 0 Å². The Morgan fingerprint density at radius 1 is 1.55 bits per heavy atom. The van der Waals surface area contributed by atoms with Crippen LogP contribution in [0.2, 0.25) is 0 Å². The van der Waals surface area contributed by atoms with Gasteiger partial charge in [0, 0.05) is 7.05 Å². The fraction of sp³-hybridized carbons (Fsp3) is 0.750. The number of hydrogen-bond donors (Lipinski definition) is 1. The van der Waals surface area contributed by atoms with Crippen molar-refractivity contribution in [2.24, 2.45) is 0 Å². The predicted octanol–water partition coefficient (Wildman–Crippen LogP) is 0.852. The quantitative estimate of drug-likeness (QED) is 0.659. The number of thioether (sulfide) groups is 1. The van der Waals surface area contributed by atoms with Crippen molar-refractivity contribution in [1.82, 2.24) is 5.32 Å². The molecule has 0 saturated heterocycles. The Bertz CT molecular complexity index is 140. The molecule has 7 heteroatoms. The lowest BCUT2D eigenvalue weighted by Crippen LogP contribution is -2.24. The van der Waals surface area contributed by atoms with Crippen LogP contribution in [0.5, 0.6) is 0 Å². The molecule has 1 N–H and O–H groups in total. The van der Waals surface area contributed by atoms with Gasteiger partial charge in [0.15, 0.2) is 0 Å². The second-order valence-corrected chi connectivity index (χ2v) is 2.93. The maximum Gasteiger partial charge on any atom is 0.488 e. The third-order valence-electron chi connectivity index (χ3n) is 0.819. The van der Waals surface area contributed by atoms with Crippen LogP contribution in [-0.4, -0.2) is 31.3 Å². The van der Waals surface area contributed by atoms with Crippen molar-refractivity contribution in [3.8, 4) is 0 Å². The van der Waals surface area contributed by atoms with Gasteiger partial charge >= 0.3 is 6.98 Å². The molecule has 0 spiro atoms. The van der Waals surface area contributed by atoms with E-state index >= 15 is 0 Å². The molecule has 0 atom stereocenters. The molecule has 0 fully saturated rings. The number of amides is 1. The SMILES string of the molecule is CNC(=O)CSC[B-](F)(F)F. The number of nitrogens with one attached hydrogen (secondary N) is 1. The first-order chi connectivity index (χ1) is 4.95. The molecule has 0 heterocycles. The van der Waals surface area contributed by atoms with Gasteiger partial charge in [-0.1, -0.05) is 0 Å². The highest BCUT2D eigenvalue weighted by molar-refractivity contribution is 8.01. The third-order valence-corrected chi connectivity index (χ3v) is 1.90. The molecule has 0 aromatic heterocycles. The molecule has 0 unspecified atom stereocenters. The molecule has 0 bridgehead atoms. The number of hydrogen-bond acceptors (Lipinski definition) is 2. The van der Waals surface area contributed by atoms with Crippen LogP contribution in [0.15, 0.2) is 0 Å². The average Bonchev–Trinajstić information content (AvgIpc) is 1.85. The molecule has 2 nitrogen and oxygen atoms in total. The molecule has 0 aromatic rings. The van der Waals surface area contributed by atoms with Gasteiger partial charge in [-0.3, -0.25) is 4.79 Å². The van der Waals surface area contributed by atoms with E-state index in [1.165, 1.54) is 7.05 Å². The van der Waals surface area contributed by atoms with E-state index < -0.39 is 12.6 Å². The Morgan fingerprint density at radius 3 is 2.45 bits per heavy atom. The second-order valence-electron chi connectivity index (χ2n) is 1.90. The summed E-state index contributed by atoms with van der Waals surface area (Å²) < 4.78 is 34.6. The first-order valence-corrected chi connectivity index (χ1v) is 4.10. The van der Waals surface area contributed by atoms with Crippen LogP contribution < -0.4 is 5.32 Å². The monoisotopic (exact) mass is 186 g/mol. The van der Waals surface area contributed by atoms with Crippen molar-refractivity contribution in [1.29, 1.82) is 0 Å². The largest absolute Gasteiger partial charge is 0.488 e. The van der Waals surface area contributed by atoms with Crippen molar-refractivity contribution in [3.05, 3.63) is 0 Å². The third kappa shape index (κ3) is 7.57. The smallest absolute Gasteiger partial charge is 0.448 e. The molecular formula is C4H8BF3NOS-. The van der Waals surface area contributed by atoms with E-state index in [1.807, 2.05) is 0 Å². The molecule has 66 valence electrons. The fourth-order valence-corrected chi connectivity index (χ4v) is 1.07. The summed E-state index contributed by atoms with van der Waals surface area (Å²) in [4.78, 5) is 10.4. The van der Waals surface area contributed by atoms with Gasteiger partial charge in [-0.2, -0.15) is 11.8 Å². The number of carbonyl (C=O) groups excluding carboxylic acids is 1. The minimum atomic E-state index is -4.75. The Morgan fingerprint density at radius 2 is 2.09 bits per heavy atom. The van der Waals surface area contributed by atoms with Crippen LogP contribution in [0.3, 0.4) is 0 Å². The van der Waals surface area contributed by atoms with Gasteiger partial charge in [0.25, 0.3) is 0 Å². The lowest BCUT2D eigenvalue weighted by Gasteiger charge is -2.11. The summed E-state index contributed by atoms with van der Waals surface area (Å²) in [5.74, 6) is -0.507. The standard InChI is InChI=1S/C4H8BF3NOS/c1-9-4(10)2-11-3-5(6,7)8/h2-3H2,1H3,(H,9,10)/q-1. The Hall–Kier alpha value is -0.325. The van der Waals surface area contributed by atoms with E-state index in [0.29, 0.717) is 11.8 Å². The van der Waals surface area contributed by atoms with Crippen molar-refractivity contribution in [2.75, 3.05) is 18.5 Å². The highest BCUT2D eigenvalue weighted by atomic mass is 32.2. The summed E-state index contributed by atoms with van der Waals surface area (Å²) in [6.45, 7) is -4.75. The Kier molecular flexibility index (Phi) is 4.40. The Labute approximate surface area is 67.0 Å². The molecular weight excluding hydrogens is 178 g/mol. The summed E-state index contributed by atoms with van der Waals surface area (Å²) in [6.07, 6.45) is 0. The zero-order valence-electron chi connectivity index (χ0n) is 5.94. The van der Waals surface area contributed by atoms with Crippen LogP contribution in [0.4, 0.5) is 12.9 Å². The van der Waals surface area contributed by atoms with Gasteiger partial charge in [0.1, 0.15) is 0 Å². The molecule has 0 radical (unpaired) electrons. The zero-order valence-corrected chi connectivity index (χ0v) is 6.76. The normalized spacial score (nSPS) is 11.3. The lowest BCUT2D eigenvalue weighted by atomic mass is 9.98. The van der Waals surface area contributed by atoms with Crippen LogP contribution in [0, 0.1) is 0 Å². The van der Waals surface area contributed by atoms with Gasteiger partial charge in [-0.05, 0) is 5.65 Å². The van der Waals surface area contributed by atoms with Crippen molar-refractivity contribution in [2.45, 2.75) is 0 Å². The summed E-state index contributed by atoms with van der Waals surface area (Å²) >= 11 is 0.584. The topological polar surface area (TPSA) is 29.1 Å². The summed E-state index contributed by atoms with van der Waals surface area (Å²) in [6, 6.07) is 0.